The minimum Gasteiger partial charge on any atom is -0.481 e. The monoisotopic (exact) mass is 358 g/mol. The number of allylic oxidation sites excluding steroid dienone is 1. The number of carboxylic acids is 2. The highest BCUT2D eigenvalue weighted by atomic mass is 16.4. The number of hydrogen-bond acceptors (Lipinski definition) is 4. The molecule has 2 aliphatic carbocycles. The van der Waals surface area contributed by atoms with Gasteiger partial charge in [0.05, 0.1) is 28.4 Å². The van der Waals surface area contributed by atoms with Crippen molar-refractivity contribution in [1.29, 1.82) is 0 Å². The second kappa shape index (κ2) is 6.74. The summed E-state index contributed by atoms with van der Waals surface area (Å²) in [6.07, 6.45) is 8.44. The van der Waals surface area contributed by atoms with Crippen LogP contribution in [0.3, 0.4) is 0 Å². The van der Waals surface area contributed by atoms with Crippen LogP contribution < -0.4 is 5.73 Å². The molecule has 140 valence electrons. The van der Waals surface area contributed by atoms with Gasteiger partial charge in [0.2, 0.25) is 0 Å². The number of nitrogen functional groups attached to an aromatic ring is 1. The third kappa shape index (κ3) is 3.20. The fourth-order valence-electron chi connectivity index (χ4n) is 4.64. The summed E-state index contributed by atoms with van der Waals surface area (Å²) in [7, 11) is 0. The van der Waals surface area contributed by atoms with Gasteiger partial charge in [0.15, 0.2) is 0 Å². The number of nitrogens with zero attached hydrogens (tertiary/aromatic N) is 1. The minimum atomic E-state index is -1.16. The number of aromatic nitrogens is 1. The predicted molar refractivity (Wildman–Crippen MR) is 98.2 cm³/mol. The van der Waals surface area contributed by atoms with Gasteiger partial charge in [-0.15, -0.1) is 0 Å². The molecular weight excluding hydrogens is 332 g/mol. The molecule has 2 atom stereocenters. The molecule has 1 saturated carbocycles. The number of hydrogen-bond donors (Lipinski definition) is 3. The number of pyridine rings is 1. The van der Waals surface area contributed by atoms with Gasteiger partial charge in [-0.1, -0.05) is 25.3 Å². The fourth-order valence-corrected chi connectivity index (χ4v) is 4.64. The van der Waals surface area contributed by atoms with E-state index in [1.165, 1.54) is 6.20 Å². The first-order valence-electron chi connectivity index (χ1n) is 9.17. The van der Waals surface area contributed by atoms with Gasteiger partial charge in [-0.3, -0.25) is 14.6 Å². The number of aliphatic carboxylic acids is 2. The number of anilines is 1. The van der Waals surface area contributed by atoms with Crippen molar-refractivity contribution >= 4 is 23.2 Å². The second-order valence-electron chi connectivity index (χ2n) is 8.05. The zero-order valence-electron chi connectivity index (χ0n) is 15.1. The maximum absolute atomic E-state index is 12.4. The lowest BCUT2D eigenvalue weighted by Gasteiger charge is -2.45. The first kappa shape index (κ1) is 18.4. The van der Waals surface area contributed by atoms with Crippen LogP contribution in [-0.2, 0) is 9.59 Å². The van der Waals surface area contributed by atoms with Crippen LogP contribution in [-0.4, -0.2) is 27.1 Å². The zero-order valence-corrected chi connectivity index (χ0v) is 15.1. The largest absolute Gasteiger partial charge is 0.481 e. The third-order valence-corrected chi connectivity index (χ3v) is 6.06. The lowest BCUT2D eigenvalue weighted by molar-refractivity contribution is -0.158. The minimum absolute atomic E-state index is 0.0449. The zero-order chi connectivity index (χ0) is 18.9. The van der Waals surface area contributed by atoms with Crippen LogP contribution >= 0.6 is 0 Å². The fraction of sp³-hybridized carbons (Fsp3) is 0.550. The van der Waals surface area contributed by atoms with Gasteiger partial charge in [-0.25, -0.2) is 0 Å². The highest BCUT2D eigenvalue weighted by molar-refractivity contribution is 5.87. The van der Waals surface area contributed by atoms with Crippen LogP contribution in [0.15, 0.2) is 24.4 Å². The molecule has 0 spiro atoms. The maximum Gasteiger partial charge on any atom is 0.313 e. The normalized spacial score (nSPS) is 29.8. The van der Waals surface area contributed by atoms with E-state index in [2.05, 4.69) is 4.98 Å². The molecule has 0 aromatic carbocycles. The van der Waals surface area contributed by atoms with Crippen molar-refractivity contribution in [2.45, 2.75) is 51.9 Å². The van der Waals surface area contributed by atoms with E-state index in [0.717, 1.165) is 32.1 Å². The summed E-state index contributed by atoms with van der Waals surface area (Å²) >= 11 is 0. The molecule has 6 nitrogen and oxygen atoms in total. The van der Waals surface area contributed by atoms with Gasteiger partial charge in [-0.2, -0.15) is 0 Å². The molecular formula is C20H26N2O4. The first-order chi connectivity index (χ1) is 12.3. The Morgan fingerprint density at radius 1 is 1.15 bits per heavy atom. The summed E-state index contributed by atoms with van der Waals surface area (Å²) in [5.41, 5.74) is 5.22. The summed E-state index contributed by atoms with van der Waals surface area (Å²) < 4.78 is 0. The van der Waals surface area contributed by atoms with Crippen molar-refractivity contribution in [3.8, 4) is 0 Å². The van der Waals surface area contributed by atoms with Gasteiger partial charge in [0.25, 0.3) is 0 Å². The molecule has 0 saturated heterocycles. The van der Waals surface area contributed by atoms with Crippen LogP contribution in [0.5, 0.6) is 0 Å². The first-order valence-corrected chi connectivity index (χ1v) is 9.17. The van der Waals surface area contributed by atoms with Crippen molar-refractivity contribution in [3.05, 3.63) is 30.1 Å². The van der Waals surface area contributed by atoms with Crippen LogP contribution in [0.2, 0.25) is 0 Å². The lowest BCUT2D eigenvalue weighted by Crippen LogP contribution is -2.47. The van der Waals surface area contributed by atoms with Crippen LogP contribution in [0.25, 0.3) is 5.57 Å². The summed E-state index contributed by atoms with van der Waals surface area (Å²) in [5, 5.41) is 20.0. The van der Waals surface area contributed by atoms with Crippen LogP contribution in [0.4, 0.5) is 5.69 Å². The SMILES string of the molecule is CC1(C(=O)O)CC(c2ccc(N)cn2)=CC(C(=O)O)(C2CCCCC2)C1. The Morgan fingerprint density at radius 2 is 1.85 bits per heavy atom. The molecule has 1 aromatic heterocycles. The summed E-state index contributed by atoms with van der Waals surface area (Å²) in [6.45, 7) is 1.65. The van der Waals surface area contributed by atoms with Crippen molar-refractivity contribution in [3.63, 3.8) is 0 Å². The molecule has 1 aromatic rings. The number of nitrogens with two attached hydrogens (primary N) is 1. The van der Waals surface area contributed by atoms with E-state index in [-0.39, 0.29) is 18.8 Å². The summed E-state index contributed by atoms with van der Waals surface area (Å²) in [5.74, 6) is -1.93. The Morgan fingerprint density at radius 3 is 2.38 bits per heavy atom. The number of rotatable bonds is 4. The molecule has 0 bridgehead atoms. The molecule has 4 N–H and O–H groups in total. The molecule has 1 heterocycles. The van der Waals surface area contributed by atoms with E-state index in [0.29, 0.717) is 17.0 Å². The van der Waals surface area contributed by atoms with Gasteiger partial charge in [0.1, 0.15) is 0 Å². The molecule has 26 heavy (non-hydrogen) atoms. The molecule has 1 fully saturated rings. The third-order valence-electron chi connectivity index (χ3n) is 6.06. The molecule has 0 aliphatic heterocycles. The van der Waals surface area contributed by atoms with Crippen molar-refractivity contribution in [2.75, 3.05) is 5.73 Å². The van der Waals surface area contributed by atoms with Crippen molar-refractivity contribution < 1.29 is 19.8 Å². The van der Waals surface area contributed by atoms with E-state index < -0.39 is 22.8 Å². The predicted octanol–water partition coefficient (Wildman–Crippen LogP) is 3.58. The van der Waals surface area contributed by atoms with E-state index in [1.807, 2.05) is 0 Å². The van der Waals surface area contributed by atoms with Gasteiger partial charge < -0.3 is 15.9 Å². The highest BCUT2D eigenvalue weighted by Gasteiger charge is 2.54. The number of carboxylic acid groups (broad SMARTS) is 2. The Balaban J connectivity index is 2.13. The summed E-state index contributed by atoms with van der Waals surface area (Å²) in [6, 6.07) is 3.45. The van der Waals surface area contributed by atoms with Gasteiger partial charge >= 0.3 is 11.9 Å². The topological polar surface area (TPSA) is 114 Å². The molecule has 2 unspecified atom stereocenters. The van der Waals surface area contributed by atoms with E-state index in [4.69, 9.17) is 5.73 Å². The average molecular weight is 358 g/mol. The Kier molecular flexibility index (Phi) is 4.78. The molecule has 2 aliphatic rings. The molecule has 3 rings (SSSR count). The van der Waals surface area contributed by atoms with E-state index >= 15 is 0 Å². The quantitative estimate of drug-likeness (QED) is 0.758. The second-order valence-corrected chi connectivity index (χ2v) is 8.05. The van der Waals surface area contributed by atoms with Crippen LogP contribution in [0.1, 0.15) is 57.6 Å². The van der Waals surface area contributed by atoms with Crippen molar-refractivity contribution in [2.24, 2.45) is 16.7 Å². The van der Waals surface area contributed by atoms with E-state index in [9.17, 15) is 19.8 Å². The molecule has 0 amide bonds. The van der Waals surface area contributed by atoms with Gasteiger partial charge in [0, 0.05) is 0 Å². The highest BCUT2D eigenvalue weighted by Crippen LogP contribution is 2.54. The van der Waals surface area contributed by atoms with E-state index in [1.54, 1.807) is 25.1 Å². The summed E-state index contributed by atoms with van der Waals surface area (Å²) in [4.78, 5) is 28.8. The smallest absolute Gasteiger partial charge is 0.313 e. The Bertz CT molecular complexity index is 737. The Hall–Kier alpha value is -2.37. The lowest BCUT2D eigenvalue weighted by atomic mass is 9.56. The molecule has 6 heteroatoms. The average Bonchev–Trinajstić information content (AvgIpc) is 2.62. The Labute approximate surface area is 153 Å². The number of carbonyl (C=O) groups is 2. The molecule has 0 radical (unpaired) electrons. The van der Waals surface area contributed by atoms with Crippen molar-refractivity contribution in [1.82, 2.24) is 4.98 Å². The maximum atomic E-state index is 12.4. The standard InChI is InChI=1S/C20H26N2O4/c1-19(17(23)24)9-13(16-8-7-15(21)11-22-16)10-20(12-19,18(25)26)14-5-3-2-4-6-14/h7-8,10-11,14H,2-6,9,12,21H2,1H3,(H,23,24)(H,25,26). The van der Waals surface area contributed by atoms with Crippen LogP contribution in [0, 0.1) is 16.7 Å². The van der Waals surface area contributed by atoms with Gasteiger partial charge in [-0.05, 0) is 56.2 Å².